The number of hydrogen-bond donors (Lipinski definition) is 1. The molecule has 1 heterocycles. The zero-order valence-corrected chi connectivity index (χ0v) is 18.6. The Bertz CT molecular complexity index is 1460. The first-order chi connectivity index (χ1) is 15.7. The van der Waals surface area contributed by atoms with Crippen LogP contribution in [0.1, 0.15) is 11.1 Å². The SMILES string of the molecule is Cc1ccc(CS(=O)(=O)c2cn(CC(=O)Nc3cccc([N+](=O)[O-])c3)c3ccccc23)cc1. The van der Waals surface area contributed by atoms with E-state index in [2.05, 4.69) is 5.32 Å². The van der Waals surface area contributed by atoms with Gasteiger partial charge in [-0.05, 0) is 24.6 Å². The van der Waals surface area contributed by atoms with Crippen LogP contribution in [-0.4, -0.2) is 23.8 Å². The summed E-state index contributed by atoms with van der Waals surface area (Å²) in [7, 11) is -3.67. The lowest BCUT2D eigenvalue weighted by atomic mass is 10.2. The van der Waals surface area contributed by atoms with E-state index in [0.29, 0.717) is 16.5 Å². The van der Waals surface area contributed by atoms with Crippen molar-refractivity contribution in [1.82, 2.24) is 4.57 Å². The summed E-state index contributed by atoms with van der Waals surface area (Å²) in [6, 6.07) is 19.9. The number of nitro groups is 1. The Kier molecular flexibility index (Phi) is 5.97. The molecule has 0 aliphatic rings. The fraction of sp³-hybridized carbons (Fsp3) is 0.125. The van der Waals surface area contributed by atoms with E-state index in [1.807, 2.05) is 19.1 Å². The van der Waals surface area contributed by atoms with Gasteiger partial charge in [0, 0.05) is 34.9 Å². The zero-order valence-electron chi connectivity index (χ0n) is 17.8. The summed E-state index contributed by atoms with van der Waals surface area (Å²) in [4.78, 5) is 23.2. The number of nitrogens with one attached hydrogen (secondary N) is 1. The van der Waals surface area contributed by atoms with E-state index in [1.165, 1.54) is 24.4 Å². The van der Waals surface area contributed by atoms with E-state index < -0.39 is 20.7 Å². The molecule has 0 unspecified atom stereocenters. The van der Waals surface area contributed by atoms with Crippen molar-refractivity contribution in [2.75, 3.05) is 5.32 Å². The fourth-order valence-electron chi connectivity index (χ4n) is 3.63. The Balaban J connectivity index is 1.62. The number of rotatable bonds is 7. The topological polar surface area (TPSA) is 111 Å². The van der Waals surface area contributed by atoms with Gasteiger partial charge in [0.1, 0.15) is 6.54 Å². The van der Waals surface area contributed by atoms with Crippen LogP contribution in [0.25, 0.3) is 10.9 Å². The van der Waals surface area contributed by atoms with Crippen molar-refractivity contribution in [3.05, 3.63) is 100 Å². The van der Waals surface area contributed by atoms with Gasteiger partial charge in [0.05, 0.1) is 15.6 Å². The second-order valence-electron chi connectivity index (χ2n) is 7.74. The minimum atomic E-state index is -3.67. The van der Waals surface area contributed by atoms with E-state index >= 15 is 0 Å². The Labute approximate surface area is 190 Å². The molecule has 0 fully saturated rings. The smallest absolute Gasteiger partial charge is 0.271 e. The number of carbonyl (C=O) groups is 1. The number of aryl methyl sites for hydroxylation is 1. The first kappa shape index (κ1) is 22.2. The zero-order chi connectivity index (χ0) is 23.6. The molecule has 4 aromatic rings. The van der Waals surface area contributed by atoms with Crippen LogP contribution in [0.2, 0.25) is 0 Å². The van der Waals surface area contributed by atoms with Gasteiger partial charge in [-0.15, -0.1) is 0 Å². The van der Waals surface area contributed by atoms with Crippen molar-refractivity contribution < 1.29 is 18.1 Å². The third-order valence-corrected chi connectivity index (χ3v) is 6.93. The summed E-state index contributed by atoms with van der Waals surface area (Å²) in [5.41, 5.74) is 2.49. The van der Waals surface area contributed by atoms with Crippen molar-refractivity contribution in [2.24, 2.45) is 0 Å². The number of aromatic nitrogens is 1. The molecular formula is C24H21N3O5S. The number of hydrogen-bond acceptors (Lipinski definition) is 5. The molecule has 0 bridgehead atoms. The molecule has 0 saturated heterocycles. The first-order valence-electron chi connectivity index (χ1n) is 10.1. The lowest BCUT2D eigenvalue weighted by Crippen LogP contribution is -2.18. The average molecular weight is 464 g/mol. The first-order valence-corrected chi connectivity index (χ1v) is 11.8. The van der Waals surface area contributed by atoms with Crippen molar-refractivity contribution in [2.45, 2.75) is 24.1 Å². The predicted octanol–water partition coefficient (Wildman–Crippen LogP) is 4.47. The lowest BCUT2D eigenvalue weighted by molar-refractivity contribution is -0.384. The molecule has 33 heavy (non-hydrogen) atoms. The van der Waals surface area contributed by atoms with Gasteiger partial charge in [0.25, 0.3) is 5.69 Å². The van der Waals surface area contributed by atoms with Crippen LogP contribution in [-0.2, 0) is 26.9 Å². The number of carbonyl (C=O) groups excluding carboxylic acids is 1. The summed E-state index contributed by atoms with van der Waals surface area (Å²) in [5.74, 6) is -0.583. The second-order valence-corrected chi connectivity index (χ2v) is 9.70. The molecule has 0 aliphatic heterocycles. The monoisotopic (exact) mass is 463 g/mol. The normalized spacial score (nSPS) is 11.4. The van der Waals surface area contributed by atoms with Gasteiger partial charge in [-0.1, -0.05) is 54.1 Å². The van der Waals surface area contributed by atoms with Crippen LogP contribution in [0.15, 0.2) is 83.9 Å². The molecule has 0 aliphatic carbocycles. The fourth-order valence-corrected chi connectivity index (χ4v) is 5.21. The third-order valence-electron chi connectivity index (χ3n) is 5.22. The molecular weight excluding hydrogens is 442 g/mol. The van der Waals surface area contributed by atoms with E-state index in [0.717, 1.165) is 5.56 Å². The summed E-state index contributed by atoms with van der Waals surface area (Å²) >= 11 is 0. The minimum Gasteiger partial charge on any atom is -0.337 e. The maximum atomic E-state index is 13.2. The van der Waals surface area contributed by atoms with Gasteiger partial charge >= 0.3 is 0 Å². The quantitative estimate of drug-likeness (QED) is 0.321. The number of benzene rings is 3. The maximum Gasteiger partial charge on any atom is 0.271 e. The Hall–Kier alpha value is -3.98. The Morgan fingerprint density at radius 2 is 1.76 bits per heavy atom. The Morgan fingerprint density at radius 1 is 1.03 bits per heavy atom. The molecule has 0 spiro atoms. The highest BCUT2D eigenvalue weighted by Gasteiger charge is 2.22. The van der Waals surface area contributed by atoms with Crippen LogP contribution in [0.4, 0.5) is 11.4 Å². The summed E-state index contributed by atoms with van der Waals surface area (Å²) in [6.45, 7) is 1.79. The van der Waals surface area contributed by atoms with Gasteiger partial charge in [-0.25, -0.2) is 8.42 Å². The number of fused-ring (bicyclic) bond motifs is 1. The molecule has 1 N–H and O–H groups in total. The molecule has 4 rings (SSSR count). The molecule has 1 aromatic heterocycles. The number of anilines is 1. The second kappa shape index (κ2) is 8.87. The number of non-ortho nitro benzene ring substituents is 1. The highest BCUT2D eigenvalue weighted by Crippen LogP contribution is 2.28. The van der Waals surface area contributed by atoms with E-state index in [9.17, 15) is 23.3 Å². The number of amides is 1. The number of para-hydroxylation sites is 1. The summed E-state index contributed by atoms with van der Waals surface area (Å²) < 4.78 is 28.0. The molecule has 0 radical (unpaired) electrons. The largest absolute Gasteiger partial charge is 0.337 e. The van der Waals surface area contributed by atoms with Crippen molar-refractivity contribution in [3.8, 4) is 0 Å². The summed E-state index contributed by atoms with van der Waals surface area (Å²) in [5, 5.41) is 14.1. The molecule has 168 valence electrons. The standard InChI is InChI=1S/C24H21N3O5S/c1-17-9-11-18(12-10-17)16-33(31,32)23-14-26(22-8-3-2-7-21(22)23)15-24(28)25-19-5-4-6-20(13-19)27(29)30/h2-14H,15-16H2,1H3,(H,25,28). The van der Waals surface area contributed by atoms with Gasteiger partial charge in [0.2, 0.25) is 5.91 Å². The van der Waals surface area contributed by atoms with Gasteiger partial charge in [0.15, 0.2) is 9.84 Å². The number of nitrogens with zero attached hydrogens (tertiary/aromatic N) is 2. The van der Waals surface area contributed by atoms with Crippen LogP contribution in [0.3, 0.4) is 0 Å². The molecule has 0 saturated carbocycles. The summed E-state index contributed by atoms with van der Waals surface area (Å²) in [6.07, 6.45) is 1.47. The van der Waals surface area contributed by atoms with Gasteiger partial charge < -0.3 is 9.88 Å². The highest BCUT2D eigenvalue weighted by atomic mass is 32.2. The van der Waals surface area contributed by atoms with E-state index in [-0.39, 0.29) is 28.6 Å². The van der Waals surface area contributed by atoms with Crippen molar-refractivity contribution in [1.29, 1.82) is 0 Å². The van der Waals surface area contributed by atoms with Crippen LogP contribution < -0.4 is 5.32 Å². The van der Waals surface area contributed by atoms with Crippen LogP contribution in [0.5, 0.6) is 0 Å². The maximum absolute atomic E-state index is 13.2. The van der Waals surface area contributed by atoms with E-state index in [4.69, 9.17) is 0 Å². The van der Waals surface area contributed by atoms with Crippen LogP contribution >= 0.6 is 0 Å². The molecule has 9 heteroatoms. The lowest BCUT2D eigenvalue weighted by Gasteiger charge is -2.07. The molecule has 8 nitrogen and oxygen atoms in total. The molecule has 3 aromatic carbocycles. The average Bonchev–Trinajstić information content (AvgIpc) is 3.15. The highest BCUT2D eigenvalue weighted by molar-refractivity contribution is 7.90. The number of nitro benzene ring substituents is 1. The minimum absolute atomic E-state index is 0.135. The molecule has 1 amide bonds. The van der Waals surface area contributed by atoms with Crippen molar-refractivity contribution >= 4 is 38.0 Å². The predicted molar refractivity (Wildman–Crippen MR) is 126 cm³/mol. The van der Waals surface area contributed by atoms with Crippen molar-refractivity contribution in [3.63, 3.8) is 0 Å². The third kappa shape index (κ3) is 4.93. The van der Waals surface area contributed by atoms with Gasteiger partial charge in [-0.2, -0.15) is 0 Å². The molecule has 0 atom stereocenters. The number of sulfone groups is 1. The Morgan fingerprint density at radius 3 is 2.48 bits per heavy atom. The van der Waals surface area contributed by atoms with Crippen LogP contribution in [0, 0.1) is 17.0 Å². The van der Waals surface area contributed by atoms with Gasteiger partial charge in [-0.3, -0.25) is 14.9 Å². The van der Waals surface area contributed by atoms with E-state index in [1.54, 1.807) is 47.0 Å².